The van der Waals surface area contributed by atoms with E-state index in [9.17, 15) is 10.2 Å². The van der Waals surface area contributed by atoms with Crippen molar-refractivity contribution in [2.45, 2.75) is 33.1 Å². The average Bonchev–Trinajstić information content (AvgIpc) is 2.57. The van der Waals surface area contributed by atoms with Crippen LogP contribution in [-0.4, -0.2) is 17.3 Å². The van der Waals surface area contributed by atoms with E-state index in [0.29, 0.717) is 11.3 Å². The molecule has 0 fully saturated rings. The van der Waals surface area contributed by atoms with Gasteiger partial charge in [0.1, 0.15) is 5.75 Å². The highest BCUT2D eigenvalue weighted by molar-refractivity contribution is 5.80. The molecule has 3 heteroatoms. The molecule has 1 atom stereocenters. The monoisotopic (exact) mass is 324 g/mol. The number of rotatable bonds is 3. The van der Waals surface area contributed by atoms with Crippen molar-refractivity contribution < 1.29 is 14.9 Å². The molecule has 0 saturated heterocycles. The third-order valence-electron chi connectivity index (χ3n) is 5.10. The molecule has 1 aliphatic carbocycles. The minimum Gasteiger partial charge on any atom is -0.507 e. The van der Waals surface area contributed by atoms with E-state index < -0.39 is 0 Å². The Morgan fingerprint density at radius 2 is 1.79 bits per heavy atom. The van der Waals surface area contributed by atoms with Crippen LogP contribution in [0, 0.1) is 19.8 Å². The van der Waals surface area contributed by atoms with E-state index in [-0.39, 0.29) is 17.4 Å². The molecule has 1 unspecified atom stereocenters. The summed E-state index contributed by atoms with van der Waals surface area (Å²) in [6, 6.07) is 8.55. The first-order chi connectivity index (χ1) is 11.4. The van der Waals surface area contributed by atoms with E-state index in [2.05, 4.69) is 37.8 Å². The number of fused-ring (bicyclic) bond motifs is 1. The number of hydrogen-bond donors (Lipinski definition) is 2. The Morgan fingerprint density at radius 3 is 2.42 bits per heavy atom. The van der Waals surface area contributed by atoms with Gasteiger partial charge in [0.05, 0.1) is 7.11 Å². The molecule has 3 rings (SSSR count). The first kappa shape index (κ1) is 16.4. The Kier molecular flexibility index (Phi) is 4.27. The maximum Gasteiger partial charge on any atom is 0.164 e. The molecule has 0 amide bonds. The molecule has 0 aromatic heterocycles. The fourth-order valence-electron chi connectivity index (χ4n) is 3.60. The number of methoxy groups -OCH3 is 1. The number of phenols is 2. The number of hydrogen-bond acceptors (Lipinski definition) is 3. The van der Waals surface area contributed by atoms with Gasteiger partial charge in [0, 0.05) is 16.7 Å². The number of allylic oxidation sites excluding steroid dienone is 1. The lowest BCUT2D eigenvalue weighted by Gasteiger charge is -2.30. The topological polar surface area (TPSA) is 49.7 Å². The van der Waals surface area contributed by atoms with Crippen molar-refractivity contribution in [1.29, 1.82) is 0 Å². The second-order valence-corrected chi connectivity index (χ2v) is 6.66. The quantitative estimate of drug-likeness (QED) is 0.871. The Morgan fingerprint density at radius 1 is 1.12 bits per heavy atom. The van der Waals surface area contributed by atoms with Gasteiger partial charge in [-0.1, -0.05) is 36.4 Å². The highest BCUT2D eigenvalue weighted by Gasteiger charge is 2.31. The Hall–Kier alpha value is -2.42. The molecular weight excluding hydrogens is 300 g/mol. The van der Waals surface area contributed by atoms with Crippen LogP contribution in [0.3, 0.4) is 0 Å². The van der Waals surface area contributed by atoms with Gasteiger partial charge in [0.2, 0.25) is 0 Å². The van der Waals surface area contributed by atoms with Gasteiger partial charge in [0.15, 0.2) is 11.5 Å². The van der Waals surface area contributed by atoms with Crippen LogP contribution in [0.4, 0.5) is 0 Å². The lowest BCUT2D eigenvalue weighted by molar-refractivity contribution is 0.359. The molecule has 24 heavy (non-hydrogen) atoms. The Balaban J connectivity index is 1.98. The van der Waals surface area contributed by atoms with Gasteiger partial charge in [-0.3, -0.25) is 0 Å². The lowest BCUT2D eigenvalue weighted by Crippen LogP contribution is -2.16. The molecule has 2 aromatic rings. The number of aryl methyl sites for hydroxylation is 1. The molecule has 0 heterocycles. The zero-order valence-corrected chi connectivity index (χ0v) is 14.5. The Bertz CT molecular complexity index is 788. The summed E-state index contributed by atoms with van der Waals surface area (Å²) in [6.45, 7) is 8.04. The van der Waals surface area contributed by atoms with Crippen molar-refractivity contribution in [2.75, 3.05) is 7.11 Å². The van der Waals surface area contributed by atoms with Crippen molar-refractivity contribution in [3.05, 3.63) is 58.7 Å². The molecule has 0 saturated carbocycles. The maximum absolute atomic E-state index is 10.6. The third-order valence-corrected chi connectivity index (χ3v) is 5.10. The molecular formula is C21H24O3. The van der Waals surface area contributed by atoms with Gasteiger partial charge in [-0.2, -0.15) is 0 Å². The Labute approximate surface area is 143 Å². The van der Waals surface area contributed by atoms with Gasteiger partial charge < -0.3 is 14.9 Å². The third kappa shape index (κ3) is 2.64. The van der Waals surface area contributed by atoms with E-state index in [0.717, 1.165) is 36.0 Å². The van der Waals surface area contributed by atoms with E-state index >= 15 is 0 Å². The van der Waals surface area contributed by atoms with Gasteiger partial charge in [-0.05, 0) is 50.2 Å². The predicted octanol–water partition coefficient (Wildman–Crippen LogP) is 4.54. The minimum atomic E-state index is 0.0264. The molecule has 1 aliphatic rings. The summed E-state index contributed by atoms with van der Waals surface area (Å²) in [4.78, 5) is 0. The van der Waals surface area contributed by atoms with Crippen LogP contribution < -0.4 is 4.74 Å². The van der Waals surface area contributed by atoms with Crippen molar-refractivity contribution in [3.8, 4) is 17.2 Å². The molecule has 0 radical (unpaired) electrons. The summed E-state index contributed by atoms with van der Waals surface area (Å²) in [7, 11) is 1.55. The standard InChI is InChI=1S/C21H24O3/c1-12-5-7-15(8-6-12)11-16-9-10-17-18(13(16)2)19(22)14(3)20(23)21(17)24-4/h5-8,16,22-23H,2,9-11H2,1,3-4H3. The maximum atomic E-state index is 10.6. The molecule has 0 bridgehead atoms. The summed E-state index contributed by atoms with van der Waals surface area (Å²) in [5, 5.41) is 20.8. The van der Waals surface area contributed by atoms with E-state index in [1.54, 1.807) is 14.0 Å². The minimum absolute atomic E-state index is 0.0264. The number of ether oxygens (including phenoxy) is 1. The van der Waals surface area contributed by atoms with Crippen LogP contribution in [0.5, 0.6) is 17.2 Å². The highest BCUT2D eigenvalue weighted by atomic mass is 16.5. The fourth-order valence-corrected chi connectivity index (χ4v) is 3.60. The van der Waals surface area contributed by atoms with Crippen molar-refractivity contribution in [1.82, 2.24) is 0 Å². The largest absolute Gasteiger partial charge is 0.507 e. The van der Waals surface area contributed by atoms with Crippen LogP contribution in [0.2, 0.25) is 0 Å². The van der Waals surface area contributed by atoms with Gasteiger partial charge in [0.25, 0.3) is 0 Å². The first-order valence-corrected chi connectivity index (χ1v) is 8.30. The SMILES string of the molecule is C=C1c2c(O)c(C)c(O)c(OC)c2CCC1Cc1ccc(C)cc1. The van der Waals surface area contributed by atoms with Crippen molar-refractivity contribution in [2.24, 2.45) is 5.92 Å². The van der Waals surface area contributed by atoms with Crippen LogP contribution >= 0.6 is 0 Å². The second-order valence-electron chi connectivity index (χ2n) is 6.66. The summed E-state index contributed by atoms with van der Waals surface area (Å²) in [5.41, 5.74) is 5.52. The zero-order valence-electron chi connectivity index (χ0n) is 14.5. The van der Waals surface area contributed by atoms with Crippen LogP contribution in [0.15, 0.2) is 30.8 Å². The average molecular weight is 324 g/mol. The van der Waals surface area contributed by atoms with Crippen LogP contribution in [0.25, 0.3) is 5.57 Å². The zero-order chi connectivity index (χ0) is 17.4. The van der Waals surface area contributed by atoms with Crippen LogP contribution in [-0.2, 0) is 12.8 Å². The first-order valence-electron chi connectivity index (χ1n) is 8.30. The molecule has 3 nitrogen and oxygen atoms in total. The van der Waals surface area contributed by atoms with E-state index in [1.807, 2.05) is 0 Å². The normalized spacial score (nSPS) is 16.8. The summed E-state index contributed by atoms with van der Waals surface area (Å²) in [6.07, 6.45) is 2.59. The van der Waals surface area contributed by atoms with Gasteiger partial charge in [-0.25, -0.2) is 0 Å². The van der Waals surface area contributed by atoms with Crippen molar-refractivity contribution >= 4 is 5.57 Å². The number of aromatic hydroxyl groups is 2. The smallest absolute Gasteiger partial charge is 0.164 e. The van der Waals surface area contributed by atoms with Gasteiger partial charge >= 0.3 is 0 Å². The molecule has 126 valence electrons. The summed E-state index contributed by atoms with van der Waals surface area (Å²) in [5.74, 6) is 0.899. The summed E-state index contributed by atoms with van der Waals surface area (Å²) >= 11 is 0. The van der Waals surface area contributed by atoms with Crippen LogP contribution in [0.1, 0.15) is 34.2 Å². The summed E-state index contributed by atoms with van der Waals surface area (Å²) < 4.78 is 5.39. The van der Waals surface area contributed by atoms with Gasteiger partial charge in [-0.15, -0.1) is 0 Å². The predicted molar refractivity (Wildman–Crippen MR) is 96.8 cm³/mol. The fraction of sp³-hybridized carbons (Fsp3) is 0.333. The molecule has 0 spiro atoms. The highest BCUT2D eigenvalue weighted by Crippen LogP contribution is 2.50. The molecule has 2 aromatic carbocycles. The van der Waals surface area contributed by atoms with Crippen molar-refractivity contribution in [3.63, 3.8) is 0 Å². The molecule has 0 aliphatic heterocycles. The second kappa shape index (κ2) is 6.23. The van der Waals surface area contributed by atoms with E-state index in [4.69, 9.17) is 4.74 Å². The lowest BCUT2D eigenvalue weighted by atomic mass is 9.76. The van der Waals surface area contributed by atoms with E-state index in [1.165, 1.54) is 11.1 Å². The molecule has 2 N–H and O–H groups in total. The number of phenolic OH excluding ortho intramolecular Hbond substituents is 2. The number of benzene rings is 2.